The number of oxime groups is 1. The maximum Gasteiger partial charge on any atom is 0.269 e. The van der Waals surface area contributed by atoms with Crippen LogP contribution in [-0.2, 0) is 21.0 Å². The first kappa shape index (κ1) is 17.9. The maximum absolute atomic E-state index is 12.8. The van der Waals surface area contributed by atoms with Crippen LogP contribution in [0.4, 0.5) is 0 Å². The third-order valence-corrected chi connectivity index (χ3v) is 5.99. The predicted molar refractivity (Wildman–Crippen MR) is 99.6 cm³/mol. The quantitative estimate of drug-likeness (QED) is 0.875. The van der Waals surface area contributed by atoms with E-state index in [-0.39, 0.29) is 29.8 Å². The average molecular weight is 370 g/mol. The molecule has 4 rings (SSSR count). The lowest BCUT2D eigenvalue weighted by Crippen LogP contribution is -2.39. The fourth-order valence-corrected chi connectivity index (χ4v) is 4.27. The molecule has 2 atom stereocenters. The molecule has 2 fully saturated rings. The molecule has 1 aliphatic carbocycles. The number of hydrogen-bond acceptors (Lipinski definition) is 5. The number of likely N-dealkylation sites (tertiary alicyclic amines) is 1. The Bertz CT molecular complexity index is 728. The molecule has 2 amide bonds. The van der Waals surface area contributed by atoms with E-state index < -0.39 is 0 Å². The molecule has 2 aliphatic heterocycles. The van der Waals surface area contributed by atoms with Crippen molar-refractivity contribution in [3.63, 3.8) is 0 Å². The second-order valence-corrected chi connectivity index (χ2v) is 7.97. The molecule has 0 bridgehead atoms. The molecule has 1 N–H and O–H groups in total. The minimum absolute atomic E-state index is 0.125. The van der Waals surface area contributed by atoms with Crippen LogP contribution in [-0.4, -0.2) is 46.6 Å². The lowest BCUT2D eigenvalue weighted by atomic mass is 9.82. The lowest BCUT2D eigenvalue weighted by molar-refractivity contribution is -0.136. The van der Waals surface area contributed by atoms with E-state index in [4.69, 9.17) is 4.84 Å². The van der Waals surface area contributed by atoms with Crippen LogP contribution in [0.5, 0.6) is 0 Å². The molecule has 7 nitrogen and oxygen atoms in total. The van der Waals surface area contributed by atoms with Crippen LogP contribution in [0.15, 0.2) is 29.7 Å². The molecule has 3 heterocycles. The zero-order valence-electron chi connectivity index (χ0n) is 15.6. The van der Waals surface area contributed by atoms with E-state index in [9.17, 15) is 9.59 Å². The number of rotatable bonds is 4. The molecule has 7 heteroatoms. The SMILES string of the molecule is CC1CCC(C(=O)N2C[C@@H]3C(C(=O)NCc4cccnc4)=NO[C@@H]3C2)CC1. The minimum atomic E-state index is -0.229. The number of nitrogens with zero attached hydrogens (tertiary/aromatic N) is 3. The molecule has 1 aromatic heterocycles. The Hall–Kier alpha value is -2.44. The summed E-state index contributed by atoms with van der Waals surface area (Å²) in [4.78, 5) is 36.8. The molecule has 27 heavy (non-hydrogen) atoms. The monoisotopic (exact) mass is 370 g/mol. The van der Waals surface area contributed by atoms with E-state index >= 15 is 0 Å². The van der Waals surface area contributed by atoms with Gasteiger partial charge >= 0.3 is 0 Å². The zero-order chi connectivity index (χ0) is 18.8. The van der Waals surface area contributed by atoms with Gasteiger partial charge in [-0.1, -0.05) is 18.1 Å². The smallest absolute Gasteiger partial charge is 0.269 e. The van der Waals surface area contributed by atoms with Crippen LogP contribution in [0, 0.1) is 17.8 Å². The largest absolute Gasteiger partial charge is 0.389 e. The summed E-state index contributed by atoms with van der Waals surface area (Å²) in [7, 11) is 0. The Morgan fingerprint density at radius 2 is 2.07 bits per heavy atom. The van der Waals surface area contributed by atoms with Crippen molar-refractivity contribution >= 4 is 17.5 Å². The number of aromatic nitrogens is 1. The van der Waals surface area contributed by atoms with E-state index in [0.717, 1.165) is 37.2 Å². The summed E-state index contributed by atoms with van der Waals surface area (Å²) in [5.41, 5.74) is 1.33. The predicted octanol–water partition coefficient (Wildman–Crippen LogP) is 1.74. The average Bonchev–Trinajstić information content (AvgIpc) is 3.28. The van der Waals surface area contributed by atoms with Crippen LogP contribution in [0.2, 0.25) is 0 Å². The summed E-state index contributed by atoms with van der Waals surface area (Å²) in [6, 6.07) is 3.74. The van der Waals surface area contributed by atoms with E-state index in [1.165, 1.54) is 0 Å². The van der Waals surface area contributed by atoms with Gasteiger partial charge in [0.05, 0.1) is 12.5 Å². The van der Waals surface area contributed by atoms with Gasteiger partial charge in [0.15, 0.2) is 11.8 Å². The Balaban J connectivity index is 1.32. The van der Waals surface area contributed by atoms with Crippen molar-refractivity contribution in [1.82, 2.24) is 15.2 Å². The highest BCUT2D eigenvalue weighted by Crippen LogP contribution is 2.33. The van der Waals surface area contributed by atoms with Gasteiger partial charge in [-0.3, -0.25) is 14.6 Å². The highest BCUT2D eigenvalue weighted by Gasteiger charge is 2.47. The first-order valence-electron chi connectivity index (χ1n) is 9.81. The van der Waals surface area contributed by atoms with Crippen LogP contribution >= 0.6 is 0 Å². The highest BCUT2D eigenvalue weighted by molar-refractivity contribution is 6.40. The number of hydrogen-bond donors (Lipinski definition) is 1. The van der Waals surface area contributed by atoms with E-state index in [1.54, 1.807) is 12.4 Å². The van der Waals surface area contributed by atoms with Crippen LogP contribution in [0.3, 0.4) is 0 Å². The number of amides is 2. The fraction of sp³-hybridized carbons (Fsp3) is 0.600. The molecule has 144 valence electrons. The van der Waals surface area contributed by atoms with Gasteiger partial charge in [-0.05, 0) is 43.2 Å². The van der Waals surface area contributed by atoms with Gasteiger partial charge in [-0.25, -0.2) is 0 Å². The van der Waals surface area contributed by atoms with Crippen molar-refractivity contribution in [3.8, 4) is 0 Å². The molecular formula is C20H26N4O3. The number of nitrogens with one attached hydrogen (secondary N) is 1. The van der Waals surface area contributed by atoms with Gasteiger partial charge in [-0.15, -0.1) is 0 Å². The maximum atomic E-state index is 12.8. The fourth-order valence-electron chi connectivity index (χ4n) is 4.27. The molecule has 1 saturated carbocycles. The molecule has 0 radical (unpaired) electrons. The van der Waals surface area contributed by atoms with Crippen molar-refractivity contribution in [1.29, 1.82) is 0 Å². The number of carbonyl (C=O) groups is 2. The number of carbonyl (C=O) groups excluding carboxylic acids is 2. The molecule has 3 aliphatic rings. The minimum Gasteiger partial charge on any atom is -0.389 e. The molecule has 0 aromatic carbocycles. The summed E-state index contributed by atoms with van der Waals surface area (Å²) in [6.07, 6.45) is 7.40. The highest BCUT2D eigenvalue weighted by atomic mass is 16.6. The number of pyridine rings is 1. The van der Waals surface area contributed by atoms with Crippen LogP contribution < -0.4 is 5.32 Å². The standard InChI is InChI=1S/C20H26N4O3/c1-13-4-6-15(7-5-13)20(26)24-11-16-17(12-24)27-23-18(16)19(25)22-10-14-3-2-8-21-9-14/h2-3,8-9,13,15-17H,4-7,10-12H2,1H3,(H,22,25)/t13?,15?,16-,17+/m0/s1. The summed E-state index contributed by atoms with van der Waals surface area (Å²) in [5.74, 6) is 0.699. The summed E-state index contributed by atoms with van der Waals surface area (Å²) < 4.78 is 0. The van der Waals surface area contributed by atoms with E-state index in [2.05, 4.69) is 22.4 Å². The Kier molecular flexibility index (Phi) is 5.09. The molecular weight excluding hydrogens is 344 g/mol. The van der Waals surface area contributed by atoms with Crippen LogP contribution in [0.25, 0.3) is 0 Å². The van der Waals surface area contributed by atoms with E-state index in [1.807, 2.05) is 17.0 Å². The van der Waals surface area contributed by atoms with Crippen molar-refractivity contribution < 1.29 is 14.4 Å². The second kappa shape index (κ2) is 7.66. The third-order valence-electron chi connectivity index (χ3n) is 5.99. The van der Waals surface area contributed by atoms with Crippen molar-refractivity contribution in [2.75, 3.05) is 13.1 Å². The lowest BCUT2D eigenvalue weighted by Gasteiger charge is -2.29. The van der Waals surface area contributed by atoms with Crippen molar-refractivity contribution in [3.05, 3.63) is 30.1 Å². The second-order valence-electron chi connectivity index (χ2n) is 7.97. The topological polar surface area (TPSA) is 83.9 Å². The van der Waals surface area contributed by atoms with Crippen LogP contribution in [0.1, 0.15) is 38.2 Å². The normalized spacial score (nSPS) is 29.7. The number of fused-ring (bicyclic) bond motifs is 1. The summed E-state index contributed by atoms with van der Waals surface area (Å²) in [6.45, 7) is 3.70. The Morgan fingerprint density at radius 3 is 2.81 bits per heavy atom. The first-order chi connectivity index (χ1) is 13.1. The molecule has 1 aromatic rings. The third kappa shape index (κ3) is 3.82. The van der Waals surface area contributed by atoms with Crippen molar-refractivity contribution in [2.45, 2.75) is 45.3 Å². The molecule has 0 unspecified atom stereocenters. The Labute approximate surface area is 159 Å². The van der Waals surface area contributed by atoms with E-state index in [0.29, 0.717) is 25.3 Å². The van der Waals surface area contributed by atoms with Gasteiger partial charge in [0.1, 0.15) is 0 Å². The zero-order valence-corrected chi connectivity index (χ0v) is 15.6. The molecule has 1 saturated heterocycles. The van der Waals surface area contributed by atoms with Gasteiger partial charge in [0, 0.05) is 31.4 Å². The summed E-state index contributed by atoms with van der Waals surface area (Å²) >= 11 is 0. The Morgan fingerprint density at radius 1 is 1.26 bits per heavy atom. The van der Waals surface area contributed by atoms with Gasteiger partial charge in [0.2, 0.25) is 5.91 Å². The van der Waals surface area contributed by atoms with Crippen molar-refractivity contribution in [2.24, 2.45) is 22.9 Å². The van der Waals surface area contributed by atoms with Gasteiger partial charge < -0.3 is 15.1 Å². The molecule has 0 spiro atoms. The first-order valence-corrected chi connectivity index (χ1v) is 9.81. The summed E-state index contributed by atoms with van der Waals surface area (Å²) in [5, 5.41) is 6.87. The van der Waals surface area contributed by atoms with Gasteiger partial charge in [-0.2, -0.15) is 0 Å². The van der Waals surface area contributed by atoms with Gasteiger partial charge in [0.25, 0.3) is 5.91 Å².